The van der Waals surface area contributed by atoms with Crippen LogP contribution in [0.1, 0.15) is 11.5 Å². The Hall–Kier alpha value is -3.62. The summed E-state index contributed by atoms with van der Waals surface area (Å²) in [6, 6.07) is 12.8. The highest BCUT2D eigenvalue weighted by atomic mass is 16.6. The van der Waals surface area contributed by atoms with E-state index in [2.05, 4.69) is 10.1 Å². The second kappa shape index (κ2) is 6.87. The summed E-state index contributed by atoms with van der Waals surface area (Å²) in [7, 11) is 0. The lowest BCUT2D eigenvalue weighted by Gasteiger charge is -2.00. The average Bonchev–Trinajstić information content (AvgIpc) is 3.09. The summed E-state index contributed by atoms with van der Waals surface area (Å²) in [4.78, 5) is 24.8. The summed E-state index contributed by atoms with van der Waals surface area (Å²) < 4.78 is 5.17. The topological polar surface area (TPSA) is 125 Å². The SMILES string of the molecule is O=[N+]([O-])c1cc(CCc2nc(-c3ccccc3)no2)cc([N+](=O)[O-])c1. The zero-order valence-corrected chi connectivity index (χ0v) is 12.9. The highest BCUT2D eigenvalue weighted by molar-refractivity contribution is 5.53. The number of aromatic nitrogens is 2. The van der Waals surface area contributed by atoms with E-state index in [1.54, 1.807) is 0 Å². The van der Waals surface area contributed by atoms with Gasteiger partial charge in [0.2, 0.25) is 11.7 Å². The number of hydrogen-bond acceptors (Lipinski definition) is 7. The molecule has 0 saturated carbocycles. The maximum Gasteiger partial charge on any atom is 0.276 e. The molecule has 1 aromatic heterocycles. The smallest absolute Gasteiger partial charge is 0.276 e. The highest BCUT2D eigenvalue weighted by Gasteiger charge is 2.17. The first-order valence-electron chi connectivity index (χ1n) is 7.33. The minimum absolute atomic E-state index is 0.305. The molecule has 0 unspecified atom stereocenters. The van der Waals surface area contributed by atoms with Gasteiger partial charge in [0.1, 0.15) is 0 Å². The first-order chi connectivity index (χ1) is 12.0. The van der Waals surface area contributed by atoms with Crippen molar-refractivity contribution in [3.05, 3.63) is 80.2 Å². The van der Waals surface area contributed by atoms with Crippen molar-refractivity contribution in [2.75, 3.05) is 0 Å². The van der Waals surface area contributed by atoms with Gasteiger partial charge in [-0.2, -0.15) is 4.98 Å². The van der Waals surface area contributed by atoms with E-state index < -0.39 is 9.85 Å². The molecular weight excluding hydrogens is 328 g/mol. The van der Waals surface area contributed by atoms with Gasteiger partial charge >= 0.3 is 0 Å². The number of nitrogens with zero attached hydrogens (tertiary/aromatic N) is 4. The van der Waals surface area contributed by atoms with Crippen LogP contribution < -0.4 is 0 Å². The van der Waals surface area contributed by atoms with Crippen molar-refractivity contribution < 1.29 is 14.4 Å². The molecule has 0 N–H and O–H groups in total. The van der Waals surface area contributed by atoms with E-state index in [-0.39, 0.29) is 11.4 Å². The van der Waals surface area contributed by atoms with E-state index in [1.807, 2.05) is 30.3 Å². The molecule has 0 aliphatic rings. The molecule has 1 heterocycles. The molecule has 0 spiro atoms. The summed E-state index contributed by atoms with van der Waals surface area (Å²) in [6.45, 7) is 0. The van der Waals surface area contributed by atoms with Crippen molar-refractivity contribution in [3.8, 4) is 11.4 Å². The maximum atomic E-state index is 10.9. The molecule has 0 aliphatic carbocycles. The third kappa shape index (κ3) is 3.83. The molecule has 0 radical (unpaired) electrons. The fourth-order valence-electron chi connectivity index (χ4n) is 2.32. The molecule has 0 saturated heterocycles. The van der Waals surface area contributed by atoms with E-state index in [4.69, 9.17) is 4.52 Å². The molecule has 9 heteroatoms. The lowest BCUT2D eigenvalue weighted by Crippen LogP contribution is -1.97. The Bertz CT molecular complexity index is 891. The molecular formula is C16H12N4O5. The average molecular weight is 340 g/mol. The van der Waals surface area contributed by atoms with Crippen LogP contribution in [0.3, 0.4) is 0 Å². The predicted molar refractivity (Wildman–Crippen MR) is 86.9 cm³/mol. The Balaban J connectivity index is 1.77. The molecule has 126 valence electrons. The minimum atomic E-state index is -0.656. The Morgan fingerprint density at radius 1 is 0.920 bits per heavy atom. The van der Waals surface area contributed by atoms with Gasteiger partial charge in [-0.05, 0) is 12.0 Å². The standard InChI is InChI=1S/C16H12N4O5/c21-19(22)13-8-11(9-14(10-13)20(23)24)6-7-15-17-16(18-25-15)12-4-2-1-3-5-12/h1-5,8-10H,6-7H2. The second-order valence-electron chi connectivity index (χ2n) is 5.25. The summed E-state index contributed by atoms with van der Waals surface area (Å²) >= 11 is 0. The minimum Gasteiger partial charge on any atom is -0.339 e. The number of hydrogen-bond donors (Lipinski definition) is 0. The van der Waals surface area contributed by atoms with Gasteiger partial charge in [-0.25, -0.2) is 0 Å². The first kappa shape index (κ1) is 16.2. The van der Waals surface area contributed by atoms with Gasteiger partial charge in [0, 0.05) is 24.1 Å². The lowest BCUT2D eigenvalue weighted by molar-refractivity contribution is -0.394. The third-order valence-electron chi connectivity index (χ3n) is 3.51. The molecule has 0 aliphatic heterocycles. The van der Waals surface area contributed by atoms with Gasteiger partial charge in [0.05, 0.1) is 15.9 Å². The van der Waals surface area contributed by atoms with Crippen LogP contribution in [0.15, 0.2) is 53.1 Å². The molecule has 3 rings (SSSR count). The van der Waals surface area contributed by atoms with E-state index in [9.17, 15) is 20.2 Å². The van der Waals surface area contributed by atoms with Crippen molar-refractivity contribution in [2.24, 2.45) is 0 Å². The fraction of sp³-hybridized carbons (Fsp3) is 0.125. The largest absolute Gasteiger partial charge is 0.339 e. The van der Waals surface area contributed by atoms with Crippen LogP contribution in [0.4, 0.5) is 11.4 Å². The zero-order chi connectivity index (χ0) is 17.8. The van der Waals surface area contributed by atoms with Crippen molar-refractivity contribution >= 4 is 11.4 Å². The van der Waals surface area contributed by atoms with E-state index in [0.29, 0.717) is 30.1 Å². The number of aryl methyl sites for hydroxylation is 2. The molecule has 2 aromatic carbocycles. The third-order valence-corrected chi connectivity index (χ3v) is 3.51. The number of nitro benzene ring substituents is 2. The van der Waals surface area contributed by atoms with E-state index in [1.165, 1.54) is 12.1 Å². The van der Waals surface area contributed by atoms with Gasteiger partial charge in [-0.1, -0.05) is 35.5 Å². The fourth-order valence-corrected chi connectivity index (χ4v) is 2.32. The molecule has 25 heavy (non-hydrogen) atoms. The summed E-state index contributed by atoms with van der Waals surface area (Å²) in [6.07, 6.45) is 0.622. The van der Waals surface area contributed by atoms with Crippen molar-refractivity contribution in [1.82, 2.24) is 10.1 Å². The van der Waals surface area contributed by atoms with E-state index >= 15 is 0 Å². The molecule has 9 nitrogen and oxygen atoms in total. The van der Waals surface area contributed by atoms with Gasteiger partial charge in [-0.3, -0.25) is 20.2 Å². The molecule has 0 atom stereocenters. The van der Waals surface area contributed by atoms with Crippen molar-refractivity contribution in [1.29, 1.82) is 0 Å². The monoisotopic (exact) mass is 340 g/mol. The van der Waals surface area contributed by atoms with Gasteiger partial charge < -0.3 is 4.52 Å². The number of benzene rings is 2. The Kier molecular flexibility index (Phi) is 4.46. The highest BCUT2D eigenvalue weighted by Crippen LogP contribution is 2.24. The predicted octanol–water partition coefficient (Wildman–Crippen LogP) is 3.34. The quantitative estimate of drug-likeness (QED) is 0.497. The Labute approximate surface area is 141 Å². The summed E-state index contributed by atoms with van der Waals surface area (Å²) in [5.74, 6) is 0.800. The Morgan fingerprint density at radius 3 is 2.16 bits per heavy atom. The number of rotatable bonds is 6. The maximum absolute atomic E-state index is 10.9. The normalized spacial score (nSPS) is 10.6. The van der Waals surface area contributed by atoms with Crippen LogP contribution in [-0.2, 0) is 12.8 Å². The van der Waals surface area contributed by atoms with Gasteiger partial charge in [0.25, 0.3) is 11.4 Å². The number of non-ortho nitro benzene ring substituents is 2. The van der Waals surface area contributed by atoms with Crippen LogP contribution in [-0.4, -0.2) is 20.0 Å². The molecule has 0 fully saturated rings. The van der Waals surface area contributed by atoms with Crippen LogP contribution >= 0.6 is 0 Å². The van der Waals surface area contributed by atoms with Crippen molar-refractivity contribution in [3.63, 3.8) is 0 Å². The summed E-state index contributed by atoms with van der Waals surface area (Å²) in [5.41, 5.74) is 0.628. The molecule has 0 amide bonds. The van der Waals surface area contributed by atoms with Gasteiger partial charge in [0.15, 0.2) is 0 Å². The molecule has 0 bridgehead atoms. The van der Waals surface area contributed by atoms with Crippen molar-refractivity contribution in [2.45, 2.75) is 12.8 Å². The van der Waals surface area contributed by atoms with Crippen LogP contribution in [0.5, 0.6) is 0 Å². The Morgan fingerprint density at radius 2 is 1.56 bits per heavy atom. The lowest BCUT2D eigenvalue weighted by atomic mass is 10.1. The van der Waals surface area contributed by atoms with Crippen LogP contribution in [0.2, 0.25) is 0 Å². The molecule has 3 aromatic rings. The van der Waals surface area contributed by atoms with Crippen LogP contribution in [0, 0.1) is 20.2 Å². The van der Waals surface area contributed by atoms with Gasteiger partial charge in [-0.15, -0.1) is 0 Å². The van der Waals surface area contributed by atoms with Crippen LogP contribution in [0.25, 0.3) is 11.4 Å². The zero-order valence-electron chi connectivity index (χ0n) is 12.9. The second-order valence-corrected chi connectivity index (χ2v) is 5.25. The summed E-state index contributed by atoms with van der Waals surface area (Å²) in [5, 5.41) is 25.7. The number of nitro groups is 2. The van der Waals surface area contributed by atoms with E-state index in [0.717, 1.165) is 11.6 Å². The first-order valence-corrected chi connectivity index (χ1v) is 7.33.